The quantitative estimate of drug-likeness (QED) is 0.889. The smallest absolute Gasteiger partial charge is 0.251 e. The molecule has 0 radical (unpaired) electrons. The van der Waals surface area contributed by atoms with Gasteiger partial charge in [0.1, 0.15) is 12.1 Å². The van der Waals surface area contributed by atoms with Crippen LogP contribution in [0.5, 0.6) is 0 Å². The topological polar surface area (TPSA) is 66.9 Å². The summed E-state index contributed by atoms with van der Waals surface area (Å²) in [5.41, 5.74) is 2.55. The molecule has 2 saturated carbocycles. The van der Waals surface area contributed by atoms with Crippen molar-refractivity contribution in [1.29, 1.82) is 0 Å². The first-order chi connectivity index (χ1) is 10.8. The van der Waals surface area contributed by atoms with Crippen LogP contribution in [-0.4, -0.2) is 28.0 Å². The van der Waals surface area contributed by atoms with E-state index in [0.717, 1.165) is 29.9 Å². The molecule has 1 amide bonds. The van der Waals surface area contributed by atoms with Crippen molar-refractivity contribution >= 4 is 11.7 Å². The molecule has 5 nitrogen and oxygen atoms in total. The van der Waals surface area contributed by atoms with Crippen molar-refractivity contribution in [2.24, 2.45) is 0 Å². The predicted molar refractivity (Wildman–Crippen MR) is 84.6 cm³/mol. The molecule has 1 aromatic heterocycles. The number of anilines is 1. The lowest BCUT2D eigenvalue weighted by molar-refractivity contribution is 0.0951. The van der Waals surface area contributed by atoms with E-state index in [-0.39, 0.29) is 5.91 Å². The van der Waals surface area contributed by atoms with Gasteiger partial charge in [0, 0.05) is 29.3 Å². The molecule has 2 fully saturated rings. The van der Waals surface area contributed by atoms with E-state index >= 15 is 0 Å². The molecule has 2 aliphatic rings. The first-order valence-corrected chi connectivity index (χ1v) is 7.78. The van der Waals surface area contributed by atoms with Gasteiger partial charge < -0.3 is 10.6 Å². The summed E-state index contributed by atoms with van der Waals surface area (Å²) < 4.78 is 0. The van der Waals surface area contributed by atoms with Crippen molar-refractivity contribution in [3.63, 3.8) is 0 Å². The van der Waals surface area contributed by atoms with Gasteiger partial charge in [0.25, 0.3) is 5.91 Å². The van der Waals surface area contributed by atoms with Gasteiger partial charge in [-0.25, -0.2) is 9.97 Å². The molecule has 0 saturated heterocycles. The predicted octanol–water partition coefficient (Wildman–Crippen LogP) is 2.61. The van der Waals surface area contributed by atoms with Crippen LogP contribution in [0.4, 0.5) is 5.82 Å². The normalized spacial score (nSPS) is 17.1. The van der Waals surface area contributed by atoms with Gasteiger partial charge in [-0.15, -0.1) is 0 Å². The summed E-state index contributed by atoms with van der Waals surface area (Å²) in [5.74, 6) is 0.871. The highest BCUT2D eigenvalue weighted by Crippen LogP contribution is 2.26. The number of aromatic nitrogens is 2. The Morgan fingerprint density at radius 3 is 2.41 bits per heavy atom. The van der Waals surface area contributed by atoms with E-state index in [1.807, 2.05) is 30.3 Å². The maximum atomic E-state index is 12.0. The van der Waals surface area contributed by atoms with Crippen molar-refractivity contribution in [2.45, 2.75) is 37.8 Å². The van der Waals surface area contributed by atoms with Gasteiger partial charge in [-0.05, 0) is 37.8 Å². The number of carbonyl (C=O) groups excluding carboxylic acids is 1. The van der Waals surface area contributed by atoms with Crippen LogP contribution in [0.3, 0.4) is 0 Å². The second kappa shape index (κ2) is 5.40. The SMILES string of the molecule is O=C(NC1CC1)c1ccc(-c2cc(NC3CC3)ncn2)cc1. The molecule has 2 N–H and O–H groups in total. The fraction of sp³-hybridized carbons (Fsp3) is 0.353. The summed E-state index contributed by atoms with van der Waals surface area (Å²) in [6.07, 6.45) is 6.20. The standard InChI is InChI=1S/C17H18N4O/c22-17(21-14-7-8-14)12-3-1-11(2-4-12)15-9-16(19-10-18-15)20-13-5-6-13/h1-4,9-10,13-14H,5-8H2,(H,21,22)(H,18,19,20). The number of hydrogen-bond donors (Lipinski definition) is 2. The Balaban J connectivity index is 1.50. The summed E-state index contributed by atoms with van der Waals surface area (Å²) >= 11 is 0. The molecule has 22 heavy (non-hydrogen) atoms. The van der Waals surface area contributed by atoms with Gasteiger partial charge in [0.15, 0.2) is 0 Å². The van der Waals surface area contributed by atoms with Crippen LogP contribution >= 0.6 is 0 Å². The second-order valence-electron chi connectivity index (χ2n) is 6.03. The molecule has 0 atom stereocenters. The Morgan fingerprint density at radius 1 is 1.00 bits per heavy atom. The Labute approximate surface area is 129 Å². The molecule has 5 heteroatoms. The van der Waals surface area contributed by atoms with Crippen LogP contribution in [0, 0.1) is 0 Å². The highest BCUT2D eigenvalue weighted by atomic mass is 16.1. The van der Waals surface area contributed by atoms with Crippen molar-refractivity contribution in [2.75, 3.05) is 5.32 Å². The highest BCUT2D eigenvalue weighted by molar-refractivity contribution is 5.95. The van der Waals surface area contributed by atoms with Crippen molar-refractivity contribution in [3.8, 4) is 11.3 Å². The number of nitrogens with zero attached hydrogens (tertiary/aromatic N) is 2. The maximum absolute atomic E-state index is 12.0. The zero-order valence-corrected chi connectivity index (χ0v) is 12.2. The van der Waals surface area contributed by atoms with E-state index in [1.165, 1.54) is 12.8 Å². The van der Waals surface area contributed by atoms with Gasteiger partial charge in [-0.3, -0.25) is 4.79 Å². The average molecular weight is 294 g/mol. The summed E-state index contributed by atoms with van der Waals surface area (Å²) in [4.78, 5) is 20.5. The third-order valence-electron chi connectivity index (χ3n) is 3.95. The number of nitrogens with one attached hydrogen (secondary N) is 2. The summed E-state index contributed by atoms with van der Waals surface area (Å²) in [7, 11) is 0. The molecule has 2 aromatic rings. The van der Waals surface area contributed by atoms with Crippen molar-refractivity contribution in [1.82, 2.24) is 15.3 Å². The first kappa shape index (κ1) is 13.2. The fourth-order valence-corrected chi connectivity index (χ4v) is 2.32. The zero-order chi connectivity index (χ0) is 14.9. The molecular formula is C17H18N4O. The molecule has 1 heterocycles. The fourth-order valence-electron chi connectivity index (χ4n) is 2.32. The molecular weight excluding hydrogens is 276 g/mol. The number of rotatable bonds is 5. The molecule has 2 aliphatic carbocycles. The summed E-state index contributed by atoms with van der Waals surface area (Å²) in [6.45, 7) is 0. The maximum Gasteiger partial charge on any atom is 0.251 e. The van der Waals surface area contributed by atoms with Gasteiger partial charge in [0.05, 0.1) is 5.69 Å². The molecule has 0 bridgehead atoms. The van der Waals surface area contributed by atoms with E-state index in [2.05, 4.69) is 20.6 Å². The summed E-state index contributed by atoms with van der Waals surface area (Å²) in [6, 6.07) is 10.5. The summed E-state index contributed by atoms with van der Waals surface area (Å²) in [5, 5.41) is 6.36. The van der Waals surface area contributed by atoms with Gasteiger partial charge in [0.2, 0.25) is 0 Å². The third kappa shape index (κ3) is 3.08. The molecule has 0 unspecified atom stereocenters. The number of amides is 1. The van der Waals surface area contributed by atoms with Crippen LogP contribution in [0.1, 0.15) is 36.0 Å². The van der Waals surface area contributed by atoms with Gasteiger partial charge >= 0.3 is 0 Å². The lowest BCUT2D eigenvalue weighted by atomic mass is 10.1. The van der Waals surface area contributed by atoms with Crippen LogP contribution in [0.25, 0.3) is 11.3 Å². The largest absolute Gasteiger partial charge is 0.367 e. The van der Waals surface area contributed by atoms with Crippen molar-refractivity contribution < 1.29 is 4.79 Å². The molecule has 0 spiro atoms. The third-order valence-corrected chi connectivity index (χ3v) is 3.95. The number of benzene rings is 1. The number of carbonyl (C=O) groups is 1. The van der Waals surface area contributed by atoms with E-state index < -0.39 is 0 Å². The zero-order valence-electron chi connectivity index (χ0n) is 12.2. The lowest BCUT2D eigenvalue weighted by Crippen LogP contribution is -2.25. The Morgan fingerprint density at radius 2 is 1.73 bits per heavy atom. The van der Waals surface area contributed by atoms with E-state index in [0.29, 0.717) is 17.6 Å². The second-order valence-corrected chi connectivity index (χ2v) is 6.03. The number of hydrogen-bond acceptors (Lipinski definition) is 4. The van der Waals surface area contributed by atoms with E-state index in [9.17, 15) is 4.79 Å². The minimum atomic E-state index is 0.00725. The van der Waals surface area contributed by atoms with Gasteiger partial charge in [-0.2, -0.15) is 0 Å². The molecule has 1 aromatic carbocycles. The highest BCUT2D eigenvalue weighted by Gasteiger charge is 2.24. The Kier molecular flexibility index (Phi) is 3.25. The van der Waals surface area contributed by atoms with Crippen LogP contribution in [0.2, 0.25) is 0 Å². The van der Waals surface area contributed by atoms with E-state index in [1.54, 1.807) is 6.33 Å². The Hall–Kier alpha value is -2.43. The van der Waals surface area contributed by atoms with Crippen LogP contribution in [-0.2, 0) is 0 Å². The average Bonchev–Trinajstić information content (AvgIpc) is 3.45. The lowest BCUT2D eigenvalue weighted by Gasteiger charge is -2.07. The van der Waals surface area contributed by atoms with Crippen LogP contribution in [0.15, 0.2) is 36.7 Å². The first-order valence-electron chi connectivity index (χ1n) is 7.78. The van der Waals surface area contributed by atoms with Gasteiger partial charge in [-0.1, -0.05) is 12.1 Å². The minimum absolute atomic E-state index is 0.00725. The van der Waals surface area contributed by atoms with Crippen LogP contribution < -0.4 is 10.6 Å². The molecule has 0 aliphatic heterocycles. The molecule has 112 valence electrons. The van der Waals surface area contributed by atoms with E-state index in [4.69, 9.17) is 0 Å². The Bertz CT molecular complexity index is 690. The minimum Gasteiger partial charge on any atom is -0.367 e. The van der Waals surface area contributed by atoms with Crippen molar-refractivity contribution in [3.05, 3.63) is 42.2 Å². The molecule has 4 rings (SSSR count). The monoisotopic (exact) mass is 294 g/mol.